The van der Waals surface area contributed by atoms with E-state index in [1.807, 2.05) is 41.2 Å². The number of benzene rings is 1. The van der Waals surface area contributed by atoms with Crippen molar-refractivity contribution >= 4 is 0 Å². The third-order valence-corrected chi connectivity index (χ3v) is 4.46. The smallest absolute Gasteiger partial charge is 0.278 e. The lowest BCUT2D eigenvalue weighted by Gasteiger charge is -2.22. The fourth-order valence-corrected chi connectivity index (χ4v) is 3.07. The molecule has 1 fully saturated rings. The molecule has 130 valence electrons. The summed E-state index contributed by atoms with van der Waals surface area (Å²) >= 11 is 0. The van der Waals surface area contributed by atoms with Gasteiger partial charge in [0.1, 0.15) is 5.75 Å². The molecule has 1 saturated heterocycles. The van der Waals surface area contributed by atoms with Crippen LogP contribution in [-0.2, 0) is 6.42 Å². The number of nitrogens with one attached hydrogen (secondary N) is 1. The van der Waals surface area contributed by atoms with Gasteiger partial charge in [-0.1, -0.05) is 17.3 Å². The molecule has 0 aliphatic carbocycles. The van der Waals surface area contributed by atoms with Crippen molar-refractivity contribution < 1.29 is 9.26 Å². The Kier molecular flexibility index (Phi) is 4.47. The van der Waals surface area contributed by atoms with Crippen LogP contribution in [0.4, 0.5) is 0 Å². The molecule has 2 aromatic heterocycles. The van der Waals surface area contributed by atoms with Crippen LogP contribution < -0.4 is 10.1 Å². The summed E-state index contributed by atoms with van der Waals surface area (Å²) in [6, 6.07) is 10.2. The van der Waals surface area contributed by atoms with Crippen LogP contribution in [0.3, 0.4) is 0 Å². The highest BCUT2D eigenvalue weighted by Gasteiger charge is 2.18. The Balaban J connectivity index is 1.46. The van der Waals surface area contributed by atoms with E-state index in [0.29, 0.717) is 24.2 Å². The SMILES string of the molecule is COc1ccc(Cc2noc(-c3ccn(C4CCCNC4)n3)n2)cc1. The van der Waals surface area contributed by atoms with E-state index in [2.05, 4.69) is 20.6 Å². The Labute approximate surface area is 146 Å². The number of rotatable bonds is 5. The molecule has 0 spiro atoms. The first-order valence-corrected chi connectivity index (χ1v) is 8.53. The van der Waals surface area contributed by atoms with Crippen molar-refractivity contribution in [3.63, 3.8) is 0 Å². The monoisotopic (exact) mass is 339 g/mol. The van der Waals surface area contributed by atoms with Crippen LogP contribution in [0, 0.1) is 0 Å². The van der Waals surface area contributed by atoms with Gasteiger partial charge in [0.2, 0.25) is 0 Å². The summed E-state index contributed by atoms with van der Waals surface area (Å²) in [7, 11) is 1.66. The highest BCUT2D eigenvalue weighted by molar-refractivity contribution is 5.45. The molecule has 0 amide bonds. The van der Waals surface area contributed by atoms with Gasteiger partial charge in [-0.3, -0.25) is 4.68 Å². The Morgan fingerprint density at radius 2 is 2.16 bits per heavy atom. The zero-order valence-electron chi connectivity index (χ0n) is 14.2. The van der Waals surface area contributed by atoms with Crippen LogP contribution in [-0.4, -0.2) is 40.1 Å². The van der Waals surface area contributed by atoms with Crippen LogP contribution in [0.2, 0.25) is 0 Å². The minimum absolute atomic E-state index is 0.393. The fraction of sp³-hybridized carbons (Fsp3) is 0.389. The van der Waals surface area contributed by atoms with Crippen molar-refractivity contribution in [3.8, 4) is 17.3 Å². The van der Waals surface area contributed by atoms with Crippen LogP contribution in [0.15, 0.2) is 41.1 Å². The Morgan fingerprint density at radius 1 is 1.28 bits per heavy atom. The maximum atomic E-state index is 5.39. The second-order valence-electron chi connectivity index (χ2n) is 6.22. The maximum Gasteiger partial charge on any atom is 0.278 e. The van der Waals surface area contributed by atoms with Gasteiger partial charge in [0.05, 0.1) is 13.2 Å². The van der Waals surface area contributed by atoms with E-state index in [9.17, 15) is 0 Å². The van der Waals surface area contributed by atoms with E-state index >= 15 is 0 Å². The lowest BCUT2D eigenvalue weighted by molar-refractivity contribution is 0.346. The van der Waals surface area contributed by atoms with Gasteiger partial charge < -0.3 is 14.6 Å². The molecule has 7 nitrogen and oxygen atoms in total. The molecular weight excluding hydrogens is 318 g/mol. The molecule has 0 bridgehead atoms. The molecule has 1 unspecified atom stereocenters. The molecule has 0 saturated carbocycles. The van der Waals surface area contributed by atoms with Crippen molar-refractivity contribution in [3.05, 3.63) is 47.9 Å². The number of nitrogens with zero attached hydrogens (tertiary/aromatic N) is 4. The molecule has 25 heavy (non-hydrogen) atoms. The lowest BCUT2D eigenvalue weighted by atomic mass is 10.1. The molecule has 3 heterocycles. The van der Waals surface area contributed by atoms with Crippen molar-refractivity contribution in [1.82, 2.24) is 25.2 Å². The summed E-state index contributed by atoms with van der Waals surface area (Å²) in [5.74, 6) is 1.94. The van der Waals surface area contributed by atoms with E-state index in [4.69, 9.17) is 9.26 Å². The predicted molar refractivity (Wildman–Crippen MR) is 92.5 cm³/mol. The summed E-state index contributed by atoms with van der Waals surface area (Å²) in [4.78, 5) is 4.48. The number of hydrogen-bond donors (Lipinski definition) is 1. The van der Waals surface area contributed by atoms with Crippen molar-refractivity contribution in [2.45, 2.75) is 25.3 Å². The summed E-state index contributed by atoms with van der Waals surface area (Å²) in [6.45, 7) is 2.04. The van der Waals surface area contributed by atoms with Crippen molar-refractivity contribution in [1.29, 1.82) is 0 Å². The van der Waals surface area contributed by atoms with Gasteiger partial charge in [0.25, 0.3) is 5.89 Å². The largest absolute Gasteiger partial charge is 0.497 e. The minimum Gasteiger partial charge on any atom is -0.497 e. The molecule has 3 aromatic rings. The quantitative estimate of drug-likeness (QED) is 0.769. The van der Waals surface area contributed by atoms with E-state index in [-0.39, 0.29) is 0 Å². The lowest BCUT2D eigenvalue weighted by Crippen LogP contribution is -2.31. The van der Waals surface area contributed by atoms with Crippen LogP contribution in [0.25, 0.3) is 11.6 Å². The highest BCUT2D eigenvalue weighted by Crippen LogP contribution is 2.21. The summed E-state index contributed by atoms with van der Waals surface area (Å²) in [5, 5.41) is 12.1. The topological polar surface area (TPSA) is 78.0 Å². The molecule has 1 aliphatic rings. The number of piperidine rings is 1. The molecule has 4 rings (SSSR count). The van der Waals surface area contributed by atoms with Crippen molar-refractivity contribution in [2.75, 3.05) is 20.2 Å². The molecule has 1 aromatic carbocycles. The van der Waals surface area contributed by atoms with Crippen molar-refractivity contribution in [2.24, 2.45) is 0 Å². The standard InChI is InChI=1S/C18H21N5O2/c1-24-15-6-4-13(5-7-15)11-17-20-18(25-22-17)16-8-10-23(21-16)14-3-2-9-19-12-14/h4-8,10,14,19H,2-3,9,11-12H2,1H3. The molecule has 1 aliphatic heterocycles. The second-order valence-corrected chi connectivity index (χ2v) is 6.22. The Morgan fingerprint density at radius 3 is 2.92 bits per heavy atom. The number of aromatic nitrogens is 4. The number of hydrogen-bond acceptors (Lipinski definition) is 6. The van der Waals surface area contributed by atoms with Crippen LogP contribution in [0.1, 0.15) is 30.3 Å². The summed E-state index contributed by atoms with van der Waals surface area (Å²) in [6.07, 6.45) is 4.91. The summed E-state index contributed by atoms with van der Waals surface area (Å²) < 4.78 is 12.6. The molecule has 1 atom stereocenters. The molecule has 0 radical (unpaired) electrons. The first-order chi connectivity index (χ1) is 12.3. The Bertz CT molecular complexity index is 818. The van der Waals surface area contributed by atoms with E-state index in [1.165, 1.54) is 6.42 Å². The van der Waals surface area contributed by atoms with E-state index in [1.54, 1.807) is 7.11 Å². The third kappa shape index (κ3) is 3.56. The molecule has 1 N–H and O–H groups in total. The predicted octanol–water partition coefficient (Wildman–Crippen LogP) is 2.46. The van der Waals surface area contributed by atoms with Gasteiger partial charge >= 0.3 is 0 Å². The maximum absolute atomic E-state index is 5.39. The van der Waals surface area contributed by atoms with Crippen LogP contribution >= 0.6 is 0 Å². The highest BCUT2D eigenvalue weighted by atomic mass is 16.5. The first-order valence-electron chi connectivity index (χ1n) is 8.53. The zero-order valence-corrected chi connectivity index (χ0v) is 14.2. The van der Waals surface area contributed by atoms with Crippen LogP contribution in [0.5, 0.6) is 5.75 Å². The first kappa shape index (κ1) is 15.8. The number of methoxy groups -OCH3 is 1. The number of ether oxygens (including phenoxy) is 1. The van der Waals surface area contributed by atoms with Gasteiger partial charge in [0, 0.05) is 19.2 Å². The van der Waals surface area contributed by atoms with E-state index < -0.39 is 0 Å². The van der Waals surface area contributed by atoms with Gasteiger partial charge in [-0.05, 0) is 43.1 Å². The average molecular weight is 339 g/mol. The fourth-order valence-electron chi connectivity index (χ4n) is 3.07. The van der Waals surface area contributed by atoms with Gasteiger partial charge in [-0.25, -0.2) is 0 Å². The zero-order chi connectivity index (χ0) is 17.1. The molecular formula is C18H21N5O2. The third-order valence-electron chi connectivity index (χ3n) is 4.46. The van der Waals surface area contributed by atoms with Gasteiger partial charge in [-0.2, -0.15) is 10.1 Å². The average Bonchev–Trinajstić information content (AvgIpc) is 3.32. The Hall–Kier alpha value is -2.67. The van der Waals surface area contributed by atoms with Gasteiger partial charge in [0.15, 0.2) is 11.5 Å². The second kappa shape index (κ2) is 7.06. The normalized spacial score (nSPS) is 17.6. The molecule has 7 heteroatoms. The van der Waals surface area contributed by atoms with Gasteiger partial charge in [-0.15, -0.1) is 0 Å². The minimum atomic E-state index is 0.393. The summed E-state index contributed by atoms with van der Waals surface area (Å²) in [5.41, 5.74) is 1.83. The van der Waals surface area contributed by atoms with E-state index in [0.717, 1.165) is 36.5 Å².